The lowest BCUT2D eigenvalue weighted by atomic mass is 9.99. The predicted octanol–water partition coefficient (Wildman–Crippen LogP) is 4.86. The third-order valence-electron chi connectivity index (χ3n) is 5.24. The molecule has 1 aromatic rings. The molecule has 1 aromatic carbocycles. The lowest BCUT2D eigenvalue weighted by Crippen LogP contribution is -2.48. The largest absolute Gasteiger partial charge is 0.543 e. The Balaban J connectivity index is 3.45. The average Bonchev–Trinajstić information content (AvgIpc) is 2.41. The van der Waals surface area contributed by atoms with Gasteiger partial charge in [0.15, 0.2) is 11.6 Å². The second-order valence-corrected chi connectivity index (χ2v) is 11.7. The molecule has 0 bridgehead atoms. The summed E-state index contributed by atoms with van der Waals surface area (Å²) in [4.78, 5) is 11.4. The molecule has 0 aliphatic heterocycles. The van der Waals surface area contributed by atoms with Crippen molar-refractivity contribution in [3.63, 3.8) is 0 Å². The highest BCUT2D eigenvalue weighted by Crippen LogP contribution is 2.46. The smallest absolute Gasteiger partial charge is 0.339 e. The number of carbonyl (C=O) groups is 1. The van der Waals surface area contributed by atoms with Crippen LogP contribution in [-0.2, 0) is 0 Å². The van der Waals surface area contributed by atoms with Gasteiger partial charge in [-0.25, -0.2) is 9.18 Å². The number of rotatable bonds is 6. The Kier molecular flexibility index (Phi) is 5.52. The highest BCUT2D eigenvalue weighted by molar-refractivity contribution is 6.75. The second kappa shape index (κ2) is 6.51. The fourth-order valence-corrected chi connectivity index (χ4v) is 4.73. The Morgan fingerprint density at radius 3 is 2.22 bits per heavy atom. The molecule has 0 atom stereocenters. The minimum Gasteiger partial charge on any atom is -0.543 e. The van der Waals surface area contributed by atoms with Crippen LogP contribution in [0.25, 0.3) is 0 Å². The minimum absolute atomic E-state index is 0.0511. The summed E-state index contributed by atoms with van der Waals surface area (Å²) in [6.45, 7) is 14.3. The van der Waals surface area contributed by atoms with Crippen LogP contribution in [0.1, 0.15) is 43.6 Å². The van der Waals surface area contributed by atoms with E-state index in [-0.39, 0.29) is 16.4 Å². The van der Waals surface area contributed by atoms with Crippen LogP contribution in [0.15, 0.2) is 6.07 Å². The van der Waals surface area contributed by atoms with Crippen LogP contribution in [-0.4, -0.2) is 26.5 Å². The van der Waals surface area contributed by atoms with Crippen molar-refractivity contribution in [2.24, 2.45) is 5.92 Å². The molecule has 0 spiro atoms. The third kappa shape index (κ3) is 3.52. The maximum absolute atomic E-state index is 14.2. The fourth-order valence-electron chi connectivity index (χ4n) is 2.31. The van der Waals surface area contributed by atoms with Crippen LogP contribution in [0.4, 0.5) is 4.39 Å². The molecule has 0 aliphatic rings. The first-order valence-corrected chi connectivity index (χ1v) is 10.6. The van der Waals surface area contributed by atoms with Crippen LogP contribution in [0.5, 0.6) is 11.5 Å². The van der Waals surface area contributed by atoms with E-state index in [9.17, 15) is 14.3 Å². The van der Waals surface area contributed by atoms with Crippen LogP contribution < -0.4 is 9.16 Å². The molecule has 1 N–H and O–H groups in total. The van der Waals surface area contributed by atoms with Gasteiger partial charge in [0.2, 0.25) is 0 Å². The van der Waals surface area contributed by atoms with Gasteiger partial charge in [-0.2, -0.15) is 0 Å². The molecule has 0 aromatic heterocycles. The quantitative estimate of drug-likeness (QED) is 0.750. The molecule has 0 aliphatic carbocycles. The van der Waals surface area contributed by atoms with Crippen molar-refractivity contribution in [2.75, 3.05) is 7.11 Å². The molecule has 4 nitrogen and oxygen atoms in total. The van der Waals surface area contributed by atoms with E-state index in [1.165, 1.54) is 13.2 Å². The fraction of sp³-hybridized carbons (Fsp3) is 0.588. The topological polar surface area (TPSA) is 55.8 Å². The van der Waals surface area contributed by atoms with E-state index in [0.717, 1.165) is 0 Å². The monoisotopic (exact) mass is 342 g/mol. The standard InChI is InChI=1S/C17H27FO4Si/c1-10(2)17(4,5)23(7,8)22-12-9-13(21-6)15(18)14(11(12)3)16(19)20/h9-10H,1-8H3,(H,19,20). The van der Waals surface area contributed by atoms with E-state index in [1.807, 2.05) is 0 Å². The van der Waals surface area contributed by atoms with Gasteiger partial charge in [0.05, 0.1) is 7.11 Å². The number of aromatic carboxylic acids is 1. The molecular formula is C17H27FO4Si. The first kappa shape index (κ1) is 19.5. The number of carboxylic acids is 1. The van der Waals surface area contributed by atoms with E-state index < -0.39 is 25.7 Å². The summed E-state index contributed by atoms with van der Waals surface area (Å²) in [6, 6.07) is 1.45. The number of benzene rings is 1. The van der Waals surface area contributed by atoms with Crippen molar-refractivity contribution < 1.29 is 23.5 Å². The molecule has 130 valence electrons. The van der Waals surface area contributed by atoms with Gasteiger partial charge in [0.25, 0.3) is 8.32 Å². The Morgan fingerprint density at radius 1 is 1.30 bits per heavy atom. The summed E-state index contributed by atoms with van der Waals surface area (Å²) in [5, 5.41) is 9.25. The summed E-state index contributed by atoms with van der Waals surface area (Å²) in [5.74, 6) is -1.54. The number of ether oxygens (including phenoxy) is 1. The van der Waals surface area contributed by atoms with E-state index >= 15 is 0 Å². The van der Waals surface area contributed by atoms with E-state index in [4.69, 9.17) is 9.16 Å². The van der Waals surface area contributed by atoms with Gasteiger partial charge >= 0.3 is 5.97 Å². The molecule has 0 heterocycles. The number of hydrogen-bond acceptors (Lipinski definition) is 3. The first-order valence-electron chi connectivity index (χ1n) is 7.66. The van der Waals surface area contributed by atoms with Crippen molar-refractivity contribution in [3.8, 4) is 11.5 Å². The van der Waals surface area contributed by atoms with Crippen molar-refractivity contribution in [1.82, 2.24) is 0 Å². The SMILES string of the molecule is COc1cc(O[Si](C)(C)C(C)(C)C(C)C)c(C)c(C(=O)O)c1F. The molecule has 23 heavy (non-hydrogen) atoms. The van der Waals surface area contributed by atoms with Crippen LogP contribution in [0.3, 0.4) is 0 Å². The second-order valence-electron chi connectivity index (χ2n) is 7.18. The molecule has 0 radical (unpaired) electrons. The number of methoxy groups -OCH3 is 1. The average molecular weight is 342 g/mol. The summed E-state index contributed by atoms with van der Waals surface area (Å²) in [7, 11) is -0.939. The van der Waals surface area contributed by atoms with Gasteiger partial charge in [-0.1, -0.05) is 27.7 Å². The summed E-state index contributed by atoms with van der Waals surface area (Å²) >= 11 is 0. The molecule has 0 fully saturated rings. The first-order chi connectivity index (χ1) is 10.4. The lowest BCUT2D eigenvalue weighted by molar-refractivity contribution is 0.0689. The normalized spacial score (nSPS) is 12.4. The van der Waals surface area contributed by atoms with E-state index in [0.29, 0.717) is 11.7 Å². The van der Waals surface area contributed by atoms with Gasteiger partial charge in [-0.3, -0.25) is 0 Å². The Bertz CT molecular complexity index is 609. The van der Waals surface area contributed by atoms with Crippen LogP contribution in [0, 0.1) is 18.7 Å². The molecule has 0 saturated heterocycles. The molecule has 0 amide bonds. The van der Waals surface area contributed by atoms with Gasteiger partial charge in [-0.15, -0.1) is 0 Å². The van der Waals surface area contributed by atoms with Crippen molar-refractivity contribution in [3.05, 3.63) is 23.0 Å². The highest BCUT2D eigenvalue weighted by atomic mass is 28.4. The molecule has 1 rings (SSSR count). The maximum Gasteiger partial charge on any atom is 0.339 e. The van der Waals surface area contributed by atoms with Gasteiger partial charge in [0, 0.05) is 11.6 Å². The Hall–Kier alpha value is -1.56. The number of hydrogen-bond donors (Lipinski definition) is 1. The molecule has 6 heteroatoms. The Morgan fingerprint density at radius 2 is 1.83 bits per heavy atom. The van der Waals surface area contributed by atoms with Crippen molar-refractivity contribution in [2.45, 2.75) is 52.8 Å². The van der Waals surface area contributed by atoms with E-state index in [2.05, 4.69) is 40.8 Å². The minimum atomic E-state index is -2.25. The van der Waals surface area contributed by atoms with Crippen molar-refractivity contribution in [1.29, 1.82) is 0 Å². The number of carboxylic acid groups (broad SMARTS) is 1. The zero-order valence-corrected chi connectivity index (χ0v) is 16.2. The summed E-state index contributed by atoms with van der Waals surface area (Å²) < 4.78 is 25.5. The van der Waals surface area contributed by atoms with Crippen molar-refractivity contribution >= 4 is 14.3 Å². The van der Waals surface area contributed by atoms with Crippen LogP contribution in [0.2, 0.25) is 18.1 Å². The van der Waals surface area contributed by atoms with Crippen LogP contribution >= 0.6 is 0 Å². The molecular weight excluding hydrogens is 315 g/mol. The third-order valence-corrected chi connectivity index (χ3v) is 9.65. The number of halogens is 1. The summed E-state index contributed by atoms with van der Waals surface area (Å²) in [6.07, 6.45) is 0. The maximum atomic E-state index is 14.2. The summed E-state index contributed by atoms with van der Waals surface area (Å²) in [5.41, 5.74) is -0.109. The Labute approximate surface area is 138 Å². The molecule has 0 saturated carbocycles. The zero-order chi connectivity index (χ0) is 18.2. The van der Waals surface area contributed by atoms with Gasteiger partial charge < -0.3 is 14.3 Å². The van der Waals surface area contributed by atoms with Gasteiger partial charge in [0.1, 0.15) is 11.3 Å². The molecule has 0 unspecified atom stereocenters. The van der Waals surface area contributed by atoms with E-state index in [1.54, 1.807) is 6.92 Å². The zero-order valence-electron chi connectivity index (χ0n) is 15.2. The lowest BCUT2D eigenvalue weighted by Gasteiger charge is -2.42. The predicted molar refractivity (Wildman–Crippen MR) is 91.6 cm³/mol. The van der Waals surface area contributed by atoms with Gasteiger partial charge in [-0.05, 0) is 31.0 Å². The highest BCUT2D eigenvalue weighted by Gasteiger charge is 2.45.